The lowest BCUT2D eigenvalue weighted by atomic mass is 10.0. The van der Waals surface area contributed by atoms with Crippen molar-refractivity contribution in [2.24, 2.45) is 0 Å². The van der Waals surface area contributed by atoms with Gasteiger partial charge in [-0.25, -0.2) is 4.98 Å². The zero-order valence-corrected chi connectivity index (χ0v) is 18.0. The van der Waals surface area contributed by atoms with Gasteiger partial charge in [0.2, 0.25) is 0 Å². The maximum absolute atomic E-state index is 12.9. The fraction of sp³-hybridized carbons (Fsp3) is 0.217. The Balaban J connectivity index is 1.61. The van der Waals surface area contributed by atoms with E-state index in [4.69, 9.17) is 11.6 Å². The Bertz CT molecular complexity index is 1200. The van der Waals surface area contributed by atoms with Crippen molar-refractivity contribution in [2.75, 3.05) is 23.3 Å². The number of hydrogen-bond donors (Lipinski definition) is 1. The van der Waals surface area contributed by atoms with Gasteiger partial charge in [0.25, 0.3) is 5.91 Å². The second kappa shape index (κ2) is 9.38. The Hall–Kier alpha value is -3.77. The Labute approximate surface area is 193 Å². The smallest absolute Gasteiger partial charge is 0.420 e. The van der Waals surface area contributed by atoms with Crippen molar-refractivity contribution in [1.82, 2.24) is 9.97 Å². The van der Waals surface area contributed by atoms with Gasteiger partial charge >= 0.3 is 5.57 Å². The number of carbonyl (C=O) groups is 1. The number of benzene rings is 1. The number of pyridine rings is 2. The largest absolute Gasteiger partial charge is 0.487 e. The first-order valence-electron chi connectivity index (χ1n) is 10.1. The molecule has 4 rings (SSSR count). The third-order valence-electron chi connectivity index (χ3n) is 5.06. The standard InChI is InChI=1S/C23H18ClF2N5O2/c24-23(25,26)33-19-5-3-18(4-6-19)30-22(32)17-10-20(16-9-15(11-27)12-28-13-16)21(29-14-17)31-7-1-2-8-31/h3-6,9-10,12-14H,1-2,7-8H2,(H,30,32). The summed E-state index contributed by atoms with van der Waals surface area (Å²) in [6.07, 6.45) is 6.69. The molecule has 0 unspecified atom stereocenters. The van der Waals surface area contributed by atoms with Crippen molar-refractivity contribution in [3.63, 3.8) is 0 Å². The number of amides is 1. The van der Waals surface area contributed by atoms with Crippen LogP contribution in [0.3, 0.4) is 0 Å². The molecule has 3 heterocycles. The number of carbonyl (C=O) groups excluding carboxylic acids is 1. The number of hydrogen-bond acceptors (Lipinski definition) is 6. The molecule has 1 saturated heterocycles. The van der Waals surface area contributed by atoms with Crippen molar-refractivity contribution >= 4 is 29.0 Å². The van der Waals surface area contributed by atoms with Crippen LogP contribution in [0.25, 0.3) is 11.1 Å². The molecule has 0 aliphatic carbocycles. The van der Waals surface area contributed by atoms with Crippen LogP contribution >= 0.6 is 11.6 Å². The Morgan fingerprint density at radius 3 is 2.55 bits per heavy atom. The molecule has 1 fully saturated rings. The summed E-state index contributed by atoms with van der Waals surface area (Å²) in [6, 6.07) is 10.9. The fourth-order valence-electron chi connectivity index (χ4n) is 3.57. The molecule has 1 aliphatic rings. The summed E-state index contributed by atoms with van der Waals surface area (Å²) in [5.74, 6) is 0.152. The zero-order valence-electron chi connectivity index (χ0n) is 17.3. The van der Waals surface area contributed by atoms with Gasteiger partial charge in [0.1, 0.15) is 17.6 Å². The van der Waals surface area contributed by atoms with E-state index in [2.05, 4.69) is 31.0 Å². The van der Waals surface area contributed by atoms with E-state index in [9.17, 15) is 18.8 Å². The molecule has 1 aromatic carbocycles. The maximum Gasteiger partial charge on any atom is 0.487 e. The van der Waals surface area contributed by atoms with Crippen LogP contribution in [-0.2, 0) is 0 Å². The quantitative estimate of drug-likeness (QED) is 0.509. The Morgan fingerprint density at radius 2 is 1.88 bits per heavy atom. The summed E-state index contributed by atoms with van der Waals surface area (Å²) in [7, 11) is 0. The van der Waals surface area contributed by atoms with E-state index in [0.717, 1.165) is 31.7 Å². The molecule has 33 heavy (non-hydrogen) atoms. The predicted octanol–water partition coefficient (Wildman–Crippen LogP) is 5.04. The second-order valence-corrected chi connectivity index (χ2v) is 7.83. The van der Waals surface area contributed by atoms with Crippen LogP contribution in [0, 0.1) is 11.3 Å². The first kappa shape index (κ1) is 22.4. The number of nitriles is 1. The summed E-state index contributed by atoms with van der Waals surface area (Å²) in [5.41, 5.74) is -1.36. The predicted molar refractivity (Wildman–Crippen MR) is 119 cm³/mol. The molecule has 0 spiro atoms. The minimum Gasteiger partial charge on any atom is -0.420 e. The number of halogens is 3. The Kier molecular flexibility index (Phi) is 6.38. The van der Waals surface area contributed by atoms with Gasteiger partial charge in [0.15, 0.2) is 0 Å². The van der Waals surface area contributed by atoms with Crippen molar-refractivity contribution in [3.05, 3.63) is 66.1 Å². The molecule has 0 saturated carbocycles. The van der Waals surface area contributed by atoms with Crippen molar-refractivity contribution < 1.29 is 18.3 Å². The maximum atomic E-state index is 12.9. The van der Waals surface area contributed by atoms with Crippen molar-refractivity contribution in [1.29, 1.82) is 5.26 Å². The van der Waals surface area contributed by atoms with E-state index in [1.807, 2.05) is 0 Å². The van der Waals surface area contributed by atoms with Gasteiger partial charge in [-0.15, -0.1) is 8.78 Å². The first-order valence-corrected chi connectivity index (χ1v) is 10.5. The fourth-order valence-corrected chi connectivity index (χ4v) is 3.66. The summed E-state index contributed by atoms with van der Waals surface area (Å²) in [4.78, 5) is 23.7. The Morgan fingerprint density at radius 1 is 1.15 bits per heavy atom. The summed E-state index contributed by atoms with van der Waals surface area (Å²) in [5, 5.41) is 11.9. The number of nitrogens with one attached hydrogen (secondary N) is 1. The monoisotopic (exact) mass is 469 g/mol. The van der Waals surface area contributed by atoms with Crippen LogP contribution in [0.5, 0.6) is 5.75 Å². The van der Waals surface area contributed by atoms with Gasteiger partial charge < -0.3 is 15.0 Å². The molecule has 0 atom stereocenters. The SMILES string of the molecule is N#Cc1cncc(-c2cc(C(=O)Nc3ccc(OC(F)(F)Cl)cc3)cnc2N2CCCC2)c1. The first-order chi connectivity index (χ1) is 15.8. The van der Waals surface area contributed by atoms with Crippen molar-refractivity contribution in [2.45, 2.75) is 18.4 Å². The summed E-state index contributed by atoms with van der Waals surface area (Å²) >= 11 is 4.76. The molecule has 1 aliphatic heterocycles. The van der Waals surface area contributed by atoms with Crippen LogP contribution in [0.15, 0.2) is 55.0 Å². The van der Waals surface area contributed by atoms with Gasteiger partial charge in [-0.3, -0.25) is 9.78 Å². The van der Waals surface area contributed by atoms with E-state index in [0.29, 0.717) is 27.9 Å². The third-order valence-corrected chi connectivity index (χ3v) is 5.14. The molecule has 10 heteroatoms. The van der Waals surface area contributed by atoms with Crippen molar-refractivity contribution in [3.8, 4) is 22.9 Å². The number of rotatable bonds is 6. The highest BCUT2D eigenvalue weighted by atomic mass is 35.5. The third kappa shape index (κ3) is 5.54. The van der Waals surface area contributed by atoms with E-state index >= 15 is 0 Å². The summed E-state index contributed by atoms with van der Waals surface area (Å²) in [6.45, 7) is 1.71. The molecule has 3 aromatic rings. The van der Waals surface area contributed by atoms with Crippen LogP contribution in [0.2, 0.25) is 0 Å². The molecule has 7 nitrogen and oxygen atoms in total. The molecular weight excluding hydrogens is 452 g/mol. The molecule has 1 amide bonds. The number of nitrogens with zero attached hydrogens (tertiary/aromatic N) is 4. The second-order valence-electron chi connectivity index (χ2n) is 7.39. The average molecular weight is 470 g/mol. The molecule has 168 valence electrons. The summed E-state index contributed by atoms with van der Waals surface area (Å²) < 4.78 is 29.8. The number of aromatic nitrogens is 2. The van der Waals surface area contributed by atoms with Crippen LogP contribution in [0.4, 0.5) is 20.3 Å². The molecule has 2 aromatic heterocycles. The van der Waals surface area contributed by atoms with E-state index < -0.39 is 11.5 Å². The highest BCUT2D eigenvalue weighted by Gasteiger charge is 2.27. The average Bonchev–Trinajstić information content (AvgIpc) is 3.34. The van der Waals surface area contributed by atoms with Gasteiger partial charge in [0, 0.05) is 60.1 Å². The van der Waals surface area contributed by atoms with Gasteiger partial charge in [-0.1, -0.05) is 0 Å². The highest BCUT2D eigenvalue weighted by Crippen LogP contribution is 2.32. The molecular formula is C23H18ClF2N5O2. The number of anilines is 2. The lowest BCUT2D eigenvalue weighted by molar-refractivity contribution is -0.0964. The topological polar surface area (TPSA) is 91.1 Å². The van der Waals surface area contributed by atoms with E-state index in [1.54, 1.807) is 18.3 Å². The highest BCUT2D eigenvalue weighted by molar-refractivity contribution is 6.20. The lowest BCUT2D eigenvalue weighted by Gasteiger charge is -2.21. The molecule has 0 radical (unpaired) electrons. The zero-order chi connectivity index (χ0) is 23.4. The number of alkyl halides is 3. The van der Waals surface area contributed by atoms with Gasteiger partial charge in [-0.05, 0) is 49.2 Å². The number of ether oxygens (including phenoxy) is 1. The minimum absolute atomic E-state index is 0.142. The normalized spacial score (nSPS) is 13.5. The molecule has 0 bridgehead atoms. The van der Waals surface area contributed by atoms with Crippen LogP contribution < -0.4 is 15.0 Å². The van der Waals surface area contributed by atoms with Crippen LogP contribution in [0.1, 0.15) is 28.8 Å². The molecule has 1 N–H and O–H groups in total. The van der Waals surface area contributed by atoms with E-state index in [1.165, 1.54) is 36.7 Å². The minimum atomic E-state index is -3.82. The van der Waals surface area contributed by atoms with Gasteiger partial charge in [-0.2, -0.15) is 5.26 Å². The lowest BCUT2D eigenvalue weighted by Crippen LogP contribution is -2.21. The van der Waals surface area contributed by atoms with Gasteiger partial charge in [0.05, 0.1) is 11.1 Å². The van der Waals surface area contributed by atoms with Crippen LogP contribution in [-0.4, -0.2) is 34.5 Å². The van der Waals surface area contributed by atoms with E-state index in [-0.39, 0.29) is 5.75 Å².